The topological polar surface area (TPSA) is 54.4 Å². The predicted octanol–water partition coefficient (Wildman–Crippen LogP) is 2.68. The highest BCUT2D eigenvalue weighted by atomic mass is 32.2. The molecule has 1 unspecified atom stereocenters. The van der Waals surface area contributed by atoms with Gasteiger partial charge in [0, 0.05) is 0 Å². The van der Waals surface area contributed by atoms with Crippen LogP contribution in [0.1, 0.15) is 64.7 Å². The second kappa shape index (κ2) is 6.74. The van der Waals surface area contributed by atoms with E-state index in [2.05, 4.69) is 6.92 Å². The van der Waals surface area contributed by atoms with Gasteiger partial charge in [-0.2, -0.15) is 0 Å². The highest BCUT2D eigenvalue weighted by molar-refractivity contribution is 7.91. The molecule has 1 heterocycles. The van der Waals surface area contributed by atoms with E-state index in [1.165, 1.54) is 32.1 Å². The summed E-state index contributed by atoms with van der Waals surface area (Å²) in [7, 11) is -2.96. The number of rotatable bonds is 8. The van der Waals surface area contributed by atoms with E-state index in [0.29, 0.717) is 12.8 Å². The molecule has 0 amide bonds. The zero-order valence-electron chi connectivity index (χ0n) is 11.0. The third kappa shape index (κ3) is 5.87. The fraction of sp³-hybridized carbons (Fsp3) is 1.00. The summed E-state index contributed by atoms with van der Waals surface area (Å²) >= 11 is 0. The first-order valence-electron chi connectivity index (χ1n) is 6.90. The van der Waals surface area contributed by atoms with Crippen LogP contribution in [0.4, 0.5) is 0 Å². The Morgan fingerprint density at radius 2 is 1.65 bits per heavy atom. The lowest BCUT2D eigenvalue weighted by Crippen LogP contribution is -2.29. The smallest absolute Gasteiger partial charge is 0.153 e. The van der Waals surface area contributed by atoms with Crippen molar-refractivity contribution in [3.63, 3.8) is 0 Å². The summed E-state index contributed by atoms with van der Waals surface area (Å²) < 4.78 is 22.6. The van der Waals surface area contributed by atoms with Gasteiger partial charge in [0.25, 0.3) is 0 Å². The van der Waals surface area contributed by atoms with Crippen LogP contribution in [0.5, 0.6) is 0 Å². The average Bonchev–Trinajstić information content (AvgIpc) is 2.52. The first-order chi connectivity index (χ1) is 7.97. The van der Waals surface area contributed by atoms with E-state index in [-0.39, 0.29) is 11.5 Å². The summed E-state index contributed by atoms with van der Waals surface area (Å²) in [6.07, 6.45) is 9.51. The Labute approximate surface area is 106 Å². The van der Waals surface area contributed by atoms with Crippen molar-refractivity contribution in [3.8, 4) is 0 Å². The Bertz CT molecular complexity index is 311. The second-order valence-corrected chi connectivity index (χ2v) is 7.62. The molecular weight excluding hydrogens is 236 g/mol. The Kier molecular flexibility index (Phi) is 5.93. The Balaban J connectivity index is 2.07. The summed E-state index contributed by atoms with van der Waals surface area (Å²) in [6, 6.07) is 0. The number of aliphatic hydroxyl groups is 1. The van der Waals surface area contributed by atoms with Gasteiger partial charge in [-0.25, -0.2) is 8.42 Å². The molecule has 0 spiro atoms. The molecule has 0 aromatic carbocycles. The van der Waals surface area contributed by atoms with E-state index in [1.54, 1.807) is 0 Å². The molecule has 1 N–H and O–H groups in total. The molecule has 0 bridgehead atoms. The van der Waals surface area contributed by atoms with E-state index in [1.807, 2.05) is 0 Å². The molecule has 17 heavy (non-hydrogen) atoms. The van der Waals surface area contributed by atoms with Crippen molar-refractivity contribution in [1.29, 1.82) is 0 Å². The molecule has 1 saturated heterocycles. The molecule has 4 heteroatoms. The quantitative estimate of drug-likeness (QED) is 0.684. The van der Waals surface area contributed by atoms with Crippen LogP contribution in [0.3, 0.4) is 0 Å². The molecular formula is C13H26O3S. The number of hydrogen-bond donors (Lipinski definition) is 1. The lowest BCUT2D eigenvalue weighted by molar-refractivity contribution is 0.0556. The second-order valence-electron chi connectivity index (χ2n) is 5.44. The Morgan fingerprint density at radius 1 is 1.06 bits per heavy atom. The third-order valence-corrected chi connectivity index (χ3v) is 5.42. The fourth-order valence-corrected chi connectivity index (χ4v) is 4.45. The minimum absolute atomic E-state index is 0.0180. The van der Waals surface area contributed by atoms with Gasteiger partial charge in [-0.15, -0.1) is 0 Å². The zero-order valence-corrected chi connectivity index (χ0v) is 11.8. The van der Waals surface area contributed by atoms with Crippen molar-refractivity contribution in [1.82, 2.24) is 0 Å². The van der Waals surface area contributed by atoms with Gasteiger partial charge in [0.2, 0.25) is 0 Å². The first-order valence-corrected chi connectivity index (χ1v) is 8.72. The summed E-state index contributed by atoms with van der Waals surface area (Å²) in [4.78, 5) is 0. The average molecular weight is 262 g/mol. The molecule has 1 aliphatic heterocycles. The van der Waals surface area contributed by atoms with E-state index in [4.69, 9.17) is 0 Å². The van der Waals surface area contributed by atoms with E-state index >= 15 is 0 Å². The molecule has 1 atom stereocenters. The lowest BCUT2D eigenvalue weighted by Gasteiger charge is -2.20. The van der Waals surface area contributed by atoms with E-state index in [9.17, 15) is 13.5 Å². The van der Waals surface area contributed by atoms with Gasteiger partial charge in [0.05, 0.1) is 17.1 Å². The van der Waals surface area contributed by atoms with Crippen LogP contribution in [0.15, 0.2) is 0 Å². The van der Waals surface area contributed by atoms with Crippen molar-refractivity contribution in [2.24, 2.45) is 0 Å². The van der Waals surface area contributed by atoms with Crippen molar-refractivity contribution < 1.29 is 13.5 Å². The van der Waals surface area contributed by atoms with Crippen molar-refractivity contribution in [2.45, 2.75) is 70.3 Å². The Hall–Kier alpha value is -0.0900. The zero-order chi connectivity index (χ0) is 12.8. The van der Waals surface area contributed by atoms with Crippen LogP contribution in [0.25, 0.3) is 0 Å². The monoisotopic (exact) mass is 262 g/mol. The van der Waals surface area contributed by atoms with Gasteiger partial charge in [0.1, 0.15) is 0 Å². The van der Waals surface area contributed by atoms with Gasteiger partial charge in [-0.3, -0.25) is 0 Å². The van der Waals surface area contributed by atoms with Crippen LogP contribution in [0.2, 0.25) is 0 Å². The van der Waals surface area contributed by atoms with Crippen LogP contribution in [-0.4, -0.2) is 30.6 Å². The van der Waals surface area contributed by atoms with Crippen molar-refractivity contribution in [3.05, 3.63) is 0 Å². The third-order valence-electron chi connectivity index (χ3n) is 3.61. The predicted molar refractivity (Wildman–Crippen MR) is 70.8 cm³/mol. The van der Waals surface area contributed by atoms with Crippen LogP contribution >= 0.6 is 0 Å². The van der Waals surface area contributed by atoms with Gasteiger partial charge in [-0.1, -0.05) is 51.9 Å². The maximum atomic E-state index is 11.3. The SMILES string of the molecule is CCCCCCCCCC1(O)CCS(=O)(=O)C1. The molecule has 1 rings (SSSR count). The maximum absolute atomic E-state index is 11.3. The molecule has 0 aromatic heterocycles. The van der Waals surface area contributed by atoms with Crippen LogP contribution in [-0.2, 0) is 9.84 Å². The van der Waals surface area contributed by atoms with Gasteiger partial charge in [-0.05, 0) is 12.8 Å². The summed E-state index contributed by atoms with van der Waals surface area (Å²) in [5.74, 6) is 0.149. The number of hydrogen-bond acceptors (Lipinski definition) is 3. The lowest BCUT2D eigenvalue weighted by atomic mass is 9.95. The summed E-state index contributed by atoms with van der Waals surface area (Å²) in [6.45, 7) is 2.20. The molecule has 0 saturated carbocycles. The number of sulfone groups is 1. The van der Waals surface area contributed by atoms with E-state index in [0.717, 1.165) is 12.8 Å². The largest absolute Gasteiger partial charge is 0.389 e. The molecule has 1 aliphatic rings. The van der Waals surface area contributed by atoms with Gasteiger partial charge < -0.3 is 5.11 Å². The van der Waals surface area contributed by atoms with Crippen molar-refractivity contribution in [2.75, 3.05) is 11.5 Å². The van der Waals surface area contributed by atoms with Gasteiger partial charge in [0.15, 0.2) is 9.84 Å². The highest BCUT2D eigenvalue weighted by Gasteiger charge is 2.39. The molecule has 0 aliphatic carbocycles. The molecule has 0 aromatic rings. The van der Waals surface area contributed by atoms with E-state index < -0.39 is 15.4 Å². The first kappa shape index (κ1) is 15.0. The molecule has 1 fully saturated rings. The normalized spacial score (nSPS) is 27.4. The molecule has 102 valence electrons. The van der Waals surface area contributed by atoms with Crippen LogP contribution < -0.4 is 0 Å². The molecule has 3 nitrogen and oxygen atoms in total. The number of unbranched alkanes of at least 4 members (excludes halogenated alkanes) is 6. The standard InChI is InChI=1S/C13H26O3S/c1-2-3-4-5-6-7-8-9-13(14)10-11-17(15,16)12-13/h14H,2-12H2,1H3. The Morgan fingerprint density at radius 3 is 2.18 bits per heavy atom. The van der Waals surface area contributed by atoms with Crippen molar-refractivity contribution >= 4 is 9.84 Å². The fourth-order valence-electron chi connectivity index (χ4n) is 2.51. The minimum atomic E-state index is -2.96. The van der Waals surface area contributed by atoms with Gasteiger partial charge >= 0.3 is 0 Å². The van der Waals surface area contributed by atoms with Crippen LogP contribution in [0, 0.1) is 0 Å². The summed E-state index contributed by atoms with van der Waals surface area (Å²) in [5.41, 5.74) is -0.914. The highest BCUT2D eigenvalue weighted by Crippen LogP contribution is 2.28. The molecule has 0 radical (unpaired) electrons. The minimum Gasteiger partial charge on any atom is -0.389 e. The maximum Gasteiger partial charge on any atom is 0.153 e. The summed E-state index contributed by atoms with van der Waals surface area (Å²) in [5, 5.41) is 10.1.